The molecule has 148 valence electrons. The number of carboxylic acid groups (broad SMARTS) is 1. The van der Waals surface area contributed by atoms with Crippen LogP contribution in [0, 0.1) is 0 Å². The average molecular weight is 394 g/mol. The molecule has 8 heteroatoms. The van der Waals surface area contributed by atoms with Crippen LogP contribution < -0.4 is 5.32 Å². The average Bonchev–Trinajstić information content (AvgIpc) is 3.29. The van der Waals surface area contributed by atoms with E-state index in [1.54, 1.807) is 11.3 Å². The summed E-state index contributed by atoms with van der Waals surface area (Å²) in [4.78, 5) is 40.8. The van der Waals surface area contributed by atoms with Crippen LogP contribution in [0.4, 0.5) is 0 Å². The summed E-state index contributed by atoms with van der Waals surface area (Å²) in [7, 11) is 0. The Morgan fingerprint density at radius 2 is 1.93 bits per heavy atom. The molecule has 2 aliphatic heterocycles. The summed E-state index contributed by atoms with van der Waals surface area (Å²) in [6.45, 7) is 4.11. The van der Waals surface area contributed by atoms with E-state index in [1.807, 2.05) is 4.90 Å². The highest BCUT2D eigenvalue weighted by Crippen LogP contribution is 2.30. The van der Waals surface area contributed by atoms with Gasteiger partial charge in [0.15, 0.2) is 0 Å². The van der Waals surface area contributed by atoms with Crippen molar-refractivity contribution < 1.29 is 19.5 Å². The Morgan fingerprint density at radius 3 is 2.52 bits per heavy atom. The second-order valence-electron chi connectivity index (χ2n) is 7.46. The van der Waals surface area contributed by atoms with Gasteiger partial charge in [0.25, 0.3) is 0 Å². The van der Waals surface area contributed by atoms with Crippen LogP contribution in [0.3, 0.4) is 0 Å². The molecule has 0 unspecified atom stereocenters. The van der Waals surface area contributed by atoms with Gasteiger partial charge in [0, 0.05) is 62.4 Å². The molecule has 2 amide bonds. The lowest BCUT2D eigenvalue weighted by Gasteiger charge is -2.35. The number of nitrogens with one attached hydrogen (secondary N) is 1. The van der Waals surface area contributed by atoms with E-state index in [0.717, 1.165) is 32.7 Å². The second kappa shape index (κ2) is 8.84. The first kappa shape index (κ1) is 19.8. The molecule has 0 bridgehead atoms. The minimum absolute atomic E-state index is 0.00979. The van der Waals surface area contributed by atoms with Crippen LogP contribution in [0.1, 0.15) is 43.4 Å². The third kappa shape index (κ3) is 5.52. The van der Waals surface area contributed by atoms with E-state index in [4.69, 9.17) is 5.11 Å². The largest absolute Gasteiger partial charge is 0.481 e. The van der Waals surface area contributed by atoms with E-state index >= 15 is 0 Å². The molecule has 0 spiro atoms. The van der Waals surface area contributed by atoms with Gasteiger partial charge in [-0.2, -0.15) is 0 Å². The van der Waals surface area contributed by atoms with Crippen molar-refractivity contribution >= 4 is 29.1 Å². The van der Waals surface area contributed by atoms with Crippen molar-refractivity contribution in [3.05, 3.63) is 22.4 Å². The Labute approximate surface area is 163 Å². The summed E-state index contributed by atoms with van der Waals surface area (Å²) in [5, 5.41) is 14.0. The fraction of sp³-hybridized carbons (Fsp3) is 0.632. The highest BCUT2D eigenvalue weighted by Gasteiger charge is 2.38. The molecular weight excluding hydrogens is 366 g/mol. The molecule has 1 atom stereocenters. The molecule has 1 aromatic rings. The van der Waals surface area contributed by atoms with E-state index in [9.17, 15) is 14.4 Å². The molecule has 0 aliphatic carbocycles. The number of carboxylic acids is 1. The lowest BCUT2D eigenvalue weighted by atomic mass is 9.86. The molecule has 2 N–H and O–H groups in total. The number of rotatable bonds is 8. The summed E-state index contributed by atoms with van der Waals surface area (Å²) in [5.74, 6) is -0.819. The van der Waals surface area contributed by atoms with Gasteiger partial charge in [0.2, 0.25) is 11.8 Å². The number of hydrogen-bond acceptors (Lipinski definition) is 5. The number of carbonyl (C=O) groups excluding carboxylic acids is 2. The third-order valence-corrected chi connectivity index (χ3v) is 6.42. The summed E-state index contributed by atoms with van der Waals surface area (Å²) in [6.07, 6.45) is 2.28. The predicted molar refractivity (Wildman–Crippen MR) is 102 cm³/mol. The lowest BCUT2D eigenvalue weighted by Crippen LogP contribution is -2.49. The monoisotopic (exact) mass is 393 g/mol. The summed E-state index contributed by atoms with van der Waals surface area (Å²) in [5.41, 5.74) is -0.536. The van der Waals surface area contributed by atoms with E-state index in [-0.39, 0.29) is 18.2 Å². The number of thiophene rings is 1. The highest BCUT2D eigenvalue weighted by atomic mass is 32.1. The Morgan fingerprint density at radius 1 is 1.19 bits per heavy atom. The minimum Gasteiger partial charge on any atom is -0.481 e. The van der Waals surface area contributed by atoms with Crippen molar-refractivity contribution in [3.8, 4) is 0 Å². The number of aliphatic carboxylic acids is 1. The van der Waals surface area contributed by atoms with Crippen LogP contribution in [-0.4, -0.2) is 64.4 Å². The SMILES string of the molecule is O=C(O)CC[C@@]1(CCC(=O)N2CCN(Cc3cccs3)CC2)CCC(=O)N1. The molecule has 2 aliphatic rings. The van der Waals surface area contributed by atoms with Gasteiger partial charge in [0.05, 0.1) is 0 Å². The van der Waals surface area contributed by atoms with Crippen LogP contribution in [-0.2, 0) is 20.9 Å². The molecular formula is C19H27N3O4S. The van der Waals surface area contributed by atoms with E-state index in [0.29, 0.717) is 32.1 Å². The summed E-state index contributed by atoms with van der Waals surface area (Å²) in [6, 6.07) is 4.19. The maximum absolute atomic E-state index is 12.6. The van der Waals surface area contributed by atoms with Crippen LogP contribution in [0.2, 0.25) is 0 Å². The van der Waals surface area contributed by atoms with Crippen molar-refractivity contribution in [2.75, 3.05) is 26.2 Å². The maximum Gasteiger partial charge on any atom is 0.303 e. The highest BCUT2D eigenvalue weighted by molar-refractivity contribution is 7.09. The summed E-state index contributed by atoms with van der Waals surface area (Å²) < 4.78 is 0. The van der Waals surface area contributed by atoms with Gasteiger partial charge in [-0.3, -0.25) is 19.3 Å². The molecule has 0 aromatic carbocycles. The van der Waals surface area contributed by atoms with E-state index < -0.39 is 11.5 Å². The van der Waals surface area contributed by atoms with Crippen molar-refractivity contribution in [2.24, 2.45) is 0 Å². The molecule has 2 fully saturated rings. The first-order valence-electron chi connectivity index (χ1n) is 9.51. The Hall–Kier alpha value is -1.93. The van der Waals surface area contributed by atoms with Gasteiger partial charge in [-0.25, -0.2) is 0 Å². The van der Waals surface area contributed by atoms with E-state index in [2.05, 4.69) is 27.7 Å². The van der Waals surface area contributed by atoms with Gasteiger partial charge >= 0.3 is 5.97 Å². The number of amides is 2. The van der Waals surface area contributed by atoms with Crippen LogP contribution >= 0.6 is 11.3 Å². The van der Waals surface area contributed by atoms with Gasteiger partial charge in [-0.1, -0.05) is 6.07 Å². The van der Waals surface area contributed by atoms with Gasteiger partial charge in [0.1, 0.15) is 0 Å². The molecule has 1 aromatic heterocycles. The predicted octanol–water partition coefficient (Wildman–Crippen LogP) is 1.69. The maximum atomic E-state index is 12.6. The fourth-order valence-corrected chi connectivity index (χ4v) is 4.65. The first-order chi connectivity index (χ1) is 13.0. The molecule has 7 nitrogen and oxygen atoms in total. The van der Waals surface area contributed by atoms with Crippen molar-refractivity contribution in [1.82, 2.24) is 15.1 Å². The van der Waals surface area contributed by atoms with Gasteiger partial charge in [-0.15, -0.1) is 11.3 Å². The smallest absolute Gasteiger partial charge is 0.303 e. The molecule has 3 heterocycles. The van der Waals surface area contributed by atoms with Gasteiger partial charge in [-0.05, 0) is 30.7 Å². The topological polar surface area (TPSA) is 90.0 Å². The van der Waals surface area contributed by atoms with Gasteiger partial charge < -0.3 is 15.3 Å². The molecule has 0 radical (unpaired) electrons. The summed E-state index contributed by atoms with van der Waals surface area (Å²) >= 11 is 1.75. The zero-order chi connectivity index (χ0) is 19.3. The van der Waals surface area contributed by atoms with Crippen molar-refractivity contribution in [1.29, 1.82) is 0 Å². The lowest BCUT2D eigenvalue weighted by molar-refractivity contribution is -0.137. The van der Waals surface area contributed by atoms with Crippen LogP contribution in [0.5, 0.6) is 0 Å². The van der Waals surface area contributed by atoms with Crippen molar-refractivity contribution in [3.63, 3.8) is 0 Å². The zero-order valence-corrected chi connectivity index (χ0v) is 16.3. The fourth-order valence-electron chi connectivity index (χ4n) is 3.90. The third-order valence-electron chi connectivity index (χ3n) is 5.55. The van der Waals surface area contributed by atoms with Crippen LogP contribution in [0.25, 0.3) is 0 Å². The number of nitrogens with zero attached hydrogens (tertiary/aromatic N) is 2. The second-order valence-corrected chi connectivity index (χ2v) is 8.49. The Bertz CT molecular complexity index is 671. The molecule has 0 saturated carbocycles. The number of carbonyl (C=O) groups is 3. The number of piperazine rings is 1. The molecule has 3 rings (SSSR count). The van der Waals surface area contributed by atoms with E-state index in [1.165, 1.54) is 4.88 Å². The Balaban J connectivity index is 1.45. The number of hydrogen-bond donors (Lipinski definition) is 2. The van der Waals surface area contributed by atoms with Crippen molar-refractivity contribution in [2.45, 2.75) is 50.6 Å². The molecule has 2 saturated heterocycles. The minimum atomic E-state index is -0.872. The quantitative estimate of drug-likeness (QED) is 0.701. The normalized spacial score (nSPS) is 23.4. The first-order valence-corrected chi connectivity index (χ1v) is 10.4. The standard InChI is InChI=1S/C19H27N3O4S/c23-16-3-6-19(20-16,8-5-18(25)26)7-4-17(24)22-11-9-21(10-12-22)14-15-2-1-13-27-15/h1-2,13H,3-12,14H2,(H,20,23)(H,25,26)/t19-/m0/s1. The Kier molecular flexibility index (Phi) is 6.49. The zero-order valence-electron chi connectivity index (χ0n) is 15.5. The molecule has 27 heavy (non-hydrogen) atoms. The van der Waals surface area contributed by atoms with Crippen LogP contribution in [0.15, 0.2) is 17.5 Å².